The summed E-state index contributed by atoms with van der Waals surface area (Å²) in [6.45, 7) is 75.0. The Morgan fingerprint density at radius 1 is 0.291 bits per heavy atom. The fourth-order valence-corrected chi connectivity index (χ4v) is 16.7. The molecule has 2 unspecified atom stereocenters. The molecule has 0 heterocycles. The maximum absolute atomic E-state index is 13.8. The van der Waals surface area contributed by atoms with Gasteiger partial charge in [-0.25, -0.2) is 0 Å². The summed E-state index contributed by atoms with van der Waals surface area (Å²) in [6.07, 6.45) is -16.7. The maximum Gasteiger partial charge on any atom is 0.394 e. The first-order valence-electron chi connectivity index (χ1n) is 59.0. The molecule has 2 atom stereocenters. The zero-order valence-electron chi connectivity index (χ0n) is 111. The van der Waals surface area contributed by atoms with Crippen LogP contribution in [0.15, 0.2) is 243 Å². The fraction of sp³-hybridized carbons (Fsp3) is 0.545. The third-order valence-corrected chi connectivity index (χ3v) is 25.0. The molecular formula is C132H189F9. The zero-order chi connectivity index (χ0) is 123. The molecule has 0 aromatic heterocycles. The Balaban J connectivity index is 0.000000378. The van der Waals surface area contributed by atoms with Gasteiger partial charge in [0.2, 0.25) is 0 Å². The summed E-state index contributed by atoms with van der Waals surface area (Å²) < 4.78 is 262. The van der Waals surface area contributed by atoms with E-state index in [1.165, 1.54) is 73.1 Å². The van der Waals surface area contributed by atoms with E-state index in [2.05, 4.69) is 197 Å². The lowest BCUT2D eigenvalue weighted by Crippen LogP contribution is -2.38. The van der Waals surface area contributed by atoms with Crippen LogP contribution in [0.2, 0.25) is 0 Å². The van der Waals surface area contributed by atoms with Crippen LogP contribution in [0.4, 0.5) is 39.5 Å². The van der Waals surface area contributed by atoms with Crippen LogP contribution in [-0.4, -0.2) is 18.5 Å². The highest BCUT2D eigenvalue weighted by atomic mass is 19.4. The van der Waals surface area contributed by atoms with E-state index in [4.69, 9.17) is 23.3 Å². The molecule has 10 aromatic rings. The van der Waals surface area contributed by atoms with Crippen LogP contribution in [0.5, 0.6) is 0 Å². The minimum absolute atomic E-state index is 0.0119. The molecule has 141 heavy (non-hydrogen) atoms. The Kier molecular flexibility index (Phi) is 35.7. The van der Waals surface area contributed by atoms with Crippen LogP contribution < -0.4 is 0 Å². The van der Waals surface area contributed by atoms with Crippen molar-refractivity contribution in [1.82, 2.24) is 0 Å². The van der Waals surface area contributed by atoms with Gasteiger partial charge in [0.15, 0.2) is 0 Å². The predicted molar refractivity (Wildman–Crippen MR) is 597 cm³/mol. The van der Waals surface area contributed by atoms with Crippen molar-refractivity contribution in [1.29, 1.82) is 0 Å². The van der Waals surface area contributed by atoms with Gasteiger partial charge in [-0.2, -0.15) is 39.5 Å². The molecule has 0 radical (unpaired) electrons. The lowest BCUT2D eigenvalue weighted by molar-refractivity contribution is -0.218. The minimum atomic E-state index is -4.91. The number of hydrogen-bond donors (Lipinski definition) is 0. The summed E-state index contributed by atoms with van der Waals surface area (Å²) in [5, 5.41) is 0. The van der Waals surface area contributed by atoms with E-state index in [1.54, 1.807) is 50.1 Å². The molecule has 1 saturated carbocycles. The Morgan fingerprint density at radius 2 is 0.603 bits per heavy atom. The second-order valence-corrected chi connectivity index (χ2v) is 49.5. The van der Waals surface area contributed by atoms with E-state index >= 15 is 0 Å². The first-order valence-corrected chi connectivity index (χ1v) is 50.5. The van der Waals surface area contributed by atoms with Crippen molar-refractivity contribution in [2.45, 2.75) is 427 Å². The third-order valence-electron chi connectivity index (χ3n) is 25.0. The summed E-state index contributed by atoms with van der Waals surface area (Å²) in [5.41, 5.74) is 6.24. The van der Waals surface area contributed by atoms with Crippen LogP contribution >= 0.6 is 0 Å². The molecule has 1 aliphatic rings. The Hall–Kier alpha value is -8.43. The van der Waals surface area contributed by atoms with E-state index in [0.29, 0.717) is 11.1 Å². The summed E-state index contributed by atoms with van der Waals surface area (Å²) in [6, 6.07) is 66.2. The second kappa shape index (κ2) is 51.1. The Bertz CT molecular complexity index is 6200. The predicted octanol–water partition coefficient (Wildman–Crippen LogP) is 42.0. The molecule has 0 nitrogen and oxygen atoms in total. The largest absolute Gasteiger partial charge is 0.394 e. The van der Waals surface area contributed by atoms with Gasteiger partial charge in [-0.3, -0.25) is 0 Å². The van der Waals surface area contributed by atoms with Crippen molar-refractivity contribution in [3.63, 3.8) is 0 Å². The number of halogens is 9. The Morgan fingerprint density at radius 3 is 0.979 bits per heavy atom. The lowest BCUT2D eigenvalue weighted by atomic mass is 9.68. The molecule has 0 bridgehead atoms. The van der Waals surface area contributed by atoms with Gasteiger partial charge in [-0.05, 0) is 240 Å². The molecule has 10 aromatic carbocycles. The number of alkyl halides is 9. The average Bonchev–Trinajstić information content (AvgIpc) is 0.714. The number of benzene rings is 10. The molecule has 0 spiro atoms. The van der Waals surface area contributed by atoms with Gasteiger partial charge in [0.05, 0.1) is 23.1 Å². The van der Waals surface area contributed by atoms with Crippen LogP contribution in [-0.2, 0) is 75.2 Å². The number of hydrogen-bond acceptors (Lipinski definition) is 0. The van der Waals surface area contributed by atoms with Gasteiger partial charge in [0.1, 0.15) is 0 Å². The zero-order valence-corrected chi connectivity index (χ0v) is 94.0. The highest BCUT2D eigenvalue weighted by molar-refractivity contribution is 5.70. The van der Waals surface area contributed by atoms with Gasteiger partial charge in [-0.15, -0.1) is 0 Å². The maximum atomic E-state index is 13.8. The molecule has 780 valence electrons. The van der Waals surface area contributed by atoms with E-state index in [-0.39, 0.29) is 108 Å². The standard InChI is InChI=1S/C21H30F6.C19H32.C16H24.2C16H18.C15H21F3.C15H24.C14H22/c1-13(19(7,8)21(25,26)27)15-11-9-10-14(16(15)17(2,3)4)12-18(5,6)20(22,23)24;1-13(2)12-16-10-9-11-17(15(5)14(3)4)18(16)19(6,7)8;3*1-16(2,3)15-12-8-7-11-14(15)13-9-5-4-6-10-13;1-13(2,3)12-9-7-6-8-11(12)10-14(4,5)15(16,17)18;1-14(2,3)11-12-9-7-8-10-13(12)15(4,5)6;1-11(2)10-12-8-6-7-9-13(12)14(3,4)5/h9-11,13H,12H2,1-8H3;9-11,13-15H,12H2,1-8H3;7-8,11-13H,4-6,9-10H2,1-3H3;2*4-12H,1-3H3;6-9H,10H2,1-5H3;7-10H,11H2,1-6H3;6-9,11H,10H2,1-5H3/i12D2,13D;12D2,15D;;4D,5D,6D,9D,10D;;10D2;11D2;10D2. The molecule has 1 aliphatic carbocycles. The van der Waals surface area contributed by atoms with E-state index in [1.807, 2.05) is 188 Å². The van der Waals surface area contributed by atoms with Crippen LogP contribution in [0, 0.1) is 39.4 Å². The molecular weight excluding hydrogens is 1760 g/mol. The monoisotopic (exact) mass is 1960 g/mol. The quantitative estimate of drug-likeness (QED) is 0.0846. The minimum Gasteiger partial charge on any atom is -0.171 e. The lowest BCUT2D eigenvalue weighted by Gasteiger charge is -2.39. The first kappa shape index (κ1) is 98.6. The van der Waals surface area contributed by atoms with Crippen molar-refractivity contribution >= 4 is 0 Å². The summed E-state index contributed by atoms with van der Waals surface area (Å²) in [4.78, 5) is 0. The van der Waals surface area contributed by atoms with Gasteiger partial charge in [0, 0.05) is 16.4 Å². The highest BCUT2D eigenvalue weighted by Crippen LogP contribution is 2.53. The molecule has 0 aliphatic heterocycles. The van der Waals surface area contributed by atoms with Gasteiger partial charge < -0.3 is 0 Å². The number of rotatable bonds is 16. The Labute approximate surface area is 879 Å². The topological polar surface area (TPSA) is 0 Å². The average molecular weight is 1960 g/mol. The molecule has 0 saturated heterocycles. The molecule has 0 amide bonds. The van der Waals surface area contributed by atoms with Gasteiger partial charge in [-0.1, -0.05) is 546 Å². The highest BCUT2D eigenvalue weighted by Gasteiger charge is 2.53. The normalized spacial score (nSPS) is 16.7. The molecule has 11 rings (SSSR count). The summed E-state index contributed by atoms with van der Waals surface area (Å²) in [7, 11) is 0. The third kappa shape index (κ3) is 39.1. The molecule has 1 fully saturated rings. The van der Waals surface area contributed by atoms with E-state index in [0.717, 1.165) is 98.9 Å². The van der Waals surface area contributed by atoms with Crippen molar-refractivity contribution in [3.8, 4) is 22.3 Å². The van der Waals surface area contributed by atoms with E-state index in [9.17, 15) is 39.5 Å². The van der Waals surface area contributed by atoms with Crippen molar-refractivity contribution < 1.29 is 62.8 Å². The second-order valence-electron chi connectivity index (χ2n) is 49.5. The van der Waals surface area contributed by atoms with Gasteiger partial charge >= 0.3 is 18.5 Å². The smallest absolute Gasteiger partial charge is 0.171 e. The summed E-state index contributed by atoms with van der Waals surface area (Å²) in [5.74, 6) is -2.16. The van der Waals surface area contributed by atoms with Crippen LogP contribution in [0.25, 0.3) is 22.3 Å². The van der Waals surface area contributed by atoms with Crippen LogP contribution in [0.1, 0.15) is 446 Å². The fourth-order valence-electron chi connectivity index (χ4n) is 16.7. The van der Waals surface area contributed by atoms with Crippen molar-refractivity contribution in [2.75, 3.05) is 0 Å². The first-order chi connectivity index (χ1) is 70.8. The van der Waals surface area contributed by atoms with Crippen LogP contribution in [0.3, 0.4) is 0 Å². The molecule has 0 N–H and O–H groups in total. The molecule has 9 heteroatoms. The van der Waals surface area contributed by atoms with Crippen molar-refractivity contribution in [3.05, 3.63) is 332 Å². The summed E-state index contributed by atoms with van der Waals surface area (Å²) >= 11 is 0. The van der Waals surface area contributed by atoms with E-state index < -0.39 is 94.7 Å². The SMILES string of the molecule is CC(C)(C)c1ccccc1-c1ccccc1.CC(C)(C)c1ccccc1C1CCCCC1.[2H]C([2H])(c1cccc(C([2H])(C)C(C)(C)C(F)(F)F)c1C(C)(C)C)C(C)(C)C(F)(F)F.[2H]C([2H])(c1cccc(C([2H])(C)C(C)C)c1C(C)(C)C)C(C)C.[2H]C([2H])(c1ccccc1C(C)(C)C)C(C)(C)C.[2H]C([2H])(c1ccccc1C(C)(C)C)C(C)(C)C(F)(F)F.[2H]C([2H])(c1ccccc1C(C)(C)C)C(C)C.[2H]c1c([2H])c([2H])c(-c2ccccc2C(C)(C)C)c([2H])c1[2H]. The van der Waals surface area contributed by atoms with Gasteiger partial charge in [0.25, 0.3) is 0 Å². The van der Waals surface area contributed by atoms with Crippen molar-refractivity contribution in [2.24, 2.45) is 39.4 Å².